The number of pyridine rings is 1. The van der Waals surface area contributed by atoms with Crippen molar-refractivity contribution in [2.24, 2.45) is 5.84 Å². The van der Waals surface area contributed by atoms with Crippen molar-refractivity contribution < 1.29 is 4.79 Å². The SMILES string of the molecule is Cc1nccn1Cc1ccc(C(=O)NN)cn1. The molecule has 17 heavy (non-hydrogen) atoms. The molecule has 3 N–H and O–H groups in total. The number of nitrogens with one attached hydrogen (secondary N) is 1. The van der Waals surface area contributed by atoms with Crippen molar-refractivity contribution in [2.45, 2.75) is 13.5 Å². The van der Waals surface area contributed by atoms with E-state index >= 15 is 0 Å². The molecule has 0 unspecified atom stereocenters. The zero-order valence-electron chi connectivity index (χ0n) is 9.42. The van der Waals surface area contributed by atoms with Gasteiger partial charge in [0.25, 0.3) is 5.91 Å². The van der Waals surface area contributed by atoms with Crippen LogP contribution in [0.15, 0.2) is 30.7 Å². The maximum Gasteiger partial charge on any atom is 0.266 e. The molecule has 2 aromatic rings. The van der Waals surface area contributed by atoms with Gasteiger partial charge in [-0.3, -0.25) is 15.2 Å². The van der Waals surface area contributed by atoms with Crippen LogP contribution in [-0.4, -0.2) is 20.4 Å². The molecule has 0 spiro atoms. The molecule has 0 aliphatic heterocycles. The lowest BCUT2D eigenvalue weighted by atomic mass is 10.2. The average molecular weight is 231 g/mol. The third kappa shape index (κ3) is 2.48. The quantitative estimate of drug-likeness (QED) is 0.450. The first-order valence-electron chi connectivity index (χ1n) is 5.14. The summed E-state index contributed by atoms with van der Waals surface area (Å²) in [5.41, 5.74) is 3.37. The van der Waals surface area contributed by atoms with E-state index in [0.29, 0.717) is 12.1 Å². The fourth-order valence-electron chi connectivity index (χ4n) is 1.48. The fraction of sp³-hybridized carbons (Fsp3) is 0.182. The molecule has 0 atom stereocenters. The summed E-state index contributed by atoms with van der Waals surface area (Å²) in [6, 6.07) is 3.49. The number of nitrogen functional groups attached to an aromatic ring is 1. The molecule has 0 saturated carbocycles. The first-order chi connectivity index (χ1) is 8.20. The first kappa shape index (κ1) is 11.3. The van der Waals surface area contributed by atoms with E-state index in [0.717, 1.165) is 11.5 Å². The Kier molecular flexibility index (Phi) is 3.15. The lowest BCUT2D eigenvalue weighted by Crippen LogP contribution is -2.30. The maximum absolute atomic E-state index is 11.2. The highest BCUT2D eigenvalue weighted by Crippen LogP contribution is 2.04. The van der Waals surface area contributed by atoms with Crippen molar-refractivity contribution in [1.29, 1.82) is 0 Å². The smallest absolute Gasteiger partial charge is 0.266 e. The second-order valence-electron chi connectivity index (χ2n) is 3.61. The molecule has 0 bridgehead atoms. The minimum absolute atomic E-state index is 0.345. The highest BCUT2D eigenvalue weighted by Gasteiger charge is 2.04. The van der Waals surface area contributed by atoms with Gasteiger partial charge in [0.05, 0.1) is 17.8 Å². The van der Waals surface area contributed by atoms with E-state index < -0.39 is 0 Å². The number of imidazole rings is 1. The number of hydrogen-bond donors (Lipinski definition) is 2. The molecule has 0 aromatic carbocycles. The molecule has 1 amide bonds. The standard InChI is InChI=1S/C11H13N5O/c1-8-13-4-5-16(8)7-10-3-2-9(6-14-10)11(17)15-12/h2-6H,7,12H2,1H3,(H,15,17). The van der Waals surface area contributed by atoms with Crippen LogP contribution in [0, 0.1) is 6.92 Å². The summed E-state index contributed by atoms with van der Waals surface area (Å²) in [6.07, 6.45) is 5.13. The summed E-state index contributed by atoms with van der Waals surface area (Å²) >= 11 is 0. The van der Waals surface area contributed by atoms with E-state index in [1.54, 1.807) is 18.3 Å². The Labute approximate surface area is 98.5 Å². The molecule has 0 aliphatic rings. The van der Waals surface area contributed by atoms with Crippen LogP contribution < -0.4 is 11.3 Å². The number of nitrogens with two attached hydrogens (primary N) is 1. The Balaban J connectivity index is 2.14. The number of nitrogens with zero attached hydrogens (tertiary/aromatic N) is 3. The average Bonchev–Trinajstić information content (AvgIpc) is 2.75. The predicted octanol–water partition coefficient (Wildman–Crippen LogP) is 0.238. The lowest BCUT2D eigenvalue weighted by molar-refractivity contribution is 0.0953. The monoisotopic (exact) mass is 231 g/mol. The molecular formula is C11H13N5O. The van der Waals surface area contributed by atoms with Gasteiger partial charge in [0.2, 0.25) is 0 Å². The van der Waals surface area contributed by atoms with Crippen LogP contribution in [0.1, 0.15) is 21.9 Å². The molecule has 0 radical (unpaired) electrons. The third-order valence-corrected chi connectivity index (χ3v) is 2.47. The van der Waals surface area contributed by atoms with Gasteiger partial charge in [-0.15, -0.1) is 0 Å². The summed E-state index contributed by atoms with van der Waals surface area (Å²) in [6.45, 7) is 2.56. The van der Waals surface area contributed by atoms with Crippen LogP contribution >= 0.6 is 0 Å². The molecule has 6 nitrogen and oxygen atoms in total. The zero-order valence-corrected chi connectivity index (χ0v) is 9.42. The number of carbonyl (C=O) groups is 1. The molecule has 88 valence electrons. The molecule has 6 heteroatoms. The molecule has 2 aromatic heterocycles. The maximum atomic E-state index is 11.2. The normalized spacial score (nSPS) is 10.2. The number of aromatic nitrogens is 3. The van der Waals surface area contributed by atoms with Gasteiger partial charge >= 0.3 is 0 Å². The molecule has 2 rings (SSSR count). The Morgan fingerprint density at radius 2 is 2.29 bits per heavy atom. The molecule has 0 fully saturated rings. The van der Waals surface area contributed by atoms with Gasteiger partial charge in [-0.05, 0) is 19.1 Å². The Hall–Kier alpha value is -2.21. The van der Waals surface area contributed by atoms with Crippen LogP contribution in [0.3, 0.4) is 0 Å². The first-order valence-corrected chi connectivity index (χ1v) is 5.14. The fourth-order valence-corrected chi connectivity index (χ4v) is 1.48. The molecule has 2 heterocycles. The summed E-state index contributed by atoms with van der Waals surface area (Å²) < 4.78 is 1.98. The van der Waals surface area contributed by atoms with Gasteiger partial charge in [-0.25, -0.2) is 10.8 Å². The van der Waals surface area contributed by atoms with E-state index in [1.165, 1.54) is 6.20 Å². The summed E-state index contributed by atoms with van der Waals surface area (Å²) in [5.74, 6) is 5.61. The predicted molar refractivity (Wildman–Crippen MR) is 62.0 cm³/mol. The number of rotatable bonds is 3. The minimum Gasteiger partial charge on any atom is -0.329 e. The van der Waals surface area contributed by atoms with Crippen molar-refractivity contribution in [2.75, 3.05) is 0 Å². The summed E-state index contributed by atoms with van der Waals surface area (Å²) in [5, 5.41) is 0. The second-order valence-corrected chi connectivity index (χ2v) is 3.61. The second kappa shape index (κ2) is 4.75. The summed E-state index contributed by atoms with van der Waals surface area (Å²) in [7, 11) is 0. The summed E-state index contributed by atoms with van der Waals surface area (Å²) in [4.78, 5) is 19.5. The number of carbonyl (C=O) groups excluding carboxylic acids is 1. The van der Waals surface area contributed by atoms with Crippen LogP contribution in [0.2, 0.25) is 0 Å². The van der Waals surface area contributed by atoms with E-state index in [9.17, 15) is 4.79 Å². The van der Waals surface area contributed by atoms with Crippen molar-refractivity contribution in [3.63, 3.8) is 0 Å². The van der Waals surface area contributed by atoms with Gasteiger partial charge < -0.3 is 4.57 Å². The van der Waals surface area contributed by atoms with E-state index in [2.05, 4.69) is 15.4 Å². The van der Waals surface area contributed by atoms with Crippen LogP contribution in [0.4, 0.5) is 0 Å². The van der Waals surface area contributed by atoms with Gasteiger partial charge in [-0.1, -0.05) is 0 Å². The third-order valence-electron chi connectivity index (χ3n) is 2.47. The number of amides is 1. The molecule has 0 aliphatic carbocycles. The van der Waals surface area contributed by atoms with Crippen molar-refractivity contribution >= 4 is 5.91 Å². The van der Waals surface area contributed by atoms with Crippen molar-refractivity contribution in [3.05, 3.63) is 47.8 Å². The number of aryl methyl sites for hydroxylation is 1. The van der Waals surface area contributed by atoms with Crippen LogP contribution in [-0.2, 0) is 6.54 Å². The number of hydrogen-bond acceptors (Lipinski definition) is 4. The van der Waals surface area contributed by atoms with Crippen molar-refractivity contribution in [3.8, 4) is 0 Å². The Morgan fingerprint density at radius 1 is 1.47 bits per heavy atom. The molecule has 0 saturated heterocycles. The molecular weight excluding hydrogens is 218 g/mol. The van der Waals surface area contributed by atoms with Gasteiger partial charge in [0, 0.05) is 18.6 Å². The van der Waals surface area contributed by atoms with Gasteiger partial charge in [-0.2, -0.15) is 0 Å². The Morgan fingerprint density at radius 3 is 2.82 bits per heavy atom. The topological polar surface area (TPSA) is 85.8 Å². The van der Waals surface area contributed by atoms with E-state index in [-0.39, 0.29) is 5.91 Å². The van der Waals surface area contributed by atoms with Crippen LogP contribution in [0.25, 0.3) is 0 Å². The van der Waals surface area contributed by atoms with Crippen molar-refractivity contribution in [1.82, 2.24) is 20.0 Å². The van der Waals surface area contributed by atoms with E-state index in [4.69, 9.17) is 5.84 Å². The minimum atomic E-state index is -0.345. The van der Waals surface area contributed by atoms with E-state index in [1.807, 2.05) is 17.7 Å². The Bertz CT molecular complexity index is 517. The highest BCUT2D eigenvalue weighted by molar-refractivity contribution is 5.93. The van der Waals surface area contributed by atoms with Gasteiger partial charge in [0.1, 0.15) is 5.82 Å². The highest BCUT2D eigenvalue weighted by atomic mass is 16.2. The largest absolute Gasteiger partial charge is 0.329 e. The zero-order chi connectivity index (χ0) is 12.3. The van der Waals surface area contributed by atoms with Gasteiger partial charge in [0.15, 0.2) is 0 Å². The lowest BCUT2D eigenvalue weighted by Gasteiger charge is -2.05. The number of hydrazine groups is 1. The van der Waals surface area contributed by atoms with Crippen LogP contribution in [0.5, 0.6) is 0 Å².